The van der Waals surface area contributed by atoms with Gasteiger partial charge in [0, 0.05) is 10.8 Å². The van der Waals surface area contributed by atoms with Gasteiger partial charge in [-0.05, 0) is 70.1 Å². The summed E-state index contributed by atoms with van der Waals surface area (Å²) in [4.78, 5) is 12.3. The molecule has 0 aromatic carbocycles. The first kappa shape index (κ1) is 26.5. The molecule has 0 aromatic heterocycles. The normalized spacial score (nSPS) is 36.1. The Morgan fingerprint density at radius 2 is 1.44 bits per heavy atom. The molecule has 2 unspecified atom stereocenters. The van der Waals surface area contributed by atoms with E-state index in [0.29, 0.717) is 24.0 Å². The Balaban J connectivity index is 1.36. The number of carboxylic acids is 1. The number of unbranched alkanes of at least 4 members (excludes halogenated alkanes) is 2. The van der Waals surface area contributed by atoms with Crippen LogP contribution in [0.5, 0.6) is 0 Å². The van der Waals surface area contributed by atoms with E-state index in [1.54, 1.807) is 6.92 Å². The fraction of sp³-hybridized carbons (Fsp3) is 0.900. The minimum absolute atomic E-state index is 0.0341. The van der Waals surface area contributed by atoms with Crippen LogP contribution in [0.3, 0.4) is 0 Å². The molecular weight excluding hydrogens is 456 g/mol. The molecular formula is C30H48O6. The molecule has 6 fully saturated rings. The topological polar surface area (TPSA) is 74.2 Å². The molecule has 4 bridgehead atoms. The largest absolute Gasteiger partial charge is 0.496 e. The van der Waals surface area contributed by atoms with E-state index in [-0.39, 0.29) is 21.8 Å². The van der Waals surface area contributed by atoms with E-state index in [9.17, 15) is 9.90 Å². The number of allylic oxidation sites excluding steroid dienone is 1. The maximum absolute atomic E-state index is 12.3. The van der Waals surface area contributed by atoms with Crippen LogP contribution in [0.15, 0.2) is 11.3 Å². The number of carbonyl (C=O) groups is 1. The van der Waals surface area contributed by atoms with Gasteiger partial charge in [0.25, 0.3) is 0 Å². The van der Waals surface area contributed by atoms with Crippen LogP contribution in [0.25, 0.3) is 0 Å². The van der Waals surface area contributed by atoms with Crippen LogP contribution in [0, 0.1) is 28.1 Å². The van der Waals surface area contributed by atoms with Crippen LogP contribution in [0.1, 0.15) is 97.8 Å². The van der Waals surface area contributed by atoms with Crippen LogP contribution in [0.2, 0.25) is 0 Å². The molecule has 0 aromatic rings. The third-order valence-corrected chi connectivity index (χ3v) is 10.1. The van der Waals surface area contributed by atoms with E-state index in [0.717, 1.165) is 90.2 Å². The van der Waals surface area contributed by atoms with E-state index in [1.165, 1.54) is 25.7 Å². The highest BCUT2D eigenvalue weighted by atomic mass is 16.5. The van der Waals surface area contributed by atoms with Gasteiger partial charge in [0.05, 0.1) is 56.2 Å². The number of ether oxygens (including phenoxy) is 4. The van der Waals surface area contributed by atoms with Crippen molar-refractivity contribution in [2.24, 2.45) is 28.1 Å². The van der Waals surface area contributed by atoms with Crippen molar-refractivity contribution in [1.82, 2.24) is 0 Å². The second-order valence-electron chi connectivity index (χ2n) is 13.5. The molecule has 36 heavy (non-hydrogen) atoms. The predicted octanol–water partition coefficient (Wildman–Crippen LogP) is 6.13. The van der Waals surface area contributed by atoms with Gasteiger partial charge in [0.1, 0.15) is 5.76 Å². The molecule has 2 heterocycles. The summed E-state index contributed by atoms with van der Waals surface area (Å²) in [7, 11) is 0. The lowest BCUT2D eigenvalue weighted by Crippen LogP contribution is -2.59. The van der Waals surface area contributed by atoms with Crippen molar-refractivity contribution in [1.29, 1.82) is 0 Å². The number of aliphatic carboxylic acids is 1. The zero-order valence-corrected chi connectivity index (χ0v) is 22.9. The molecule has 2 aliphatic heterocycles. The highest BCUT2D eigenvalue weighted by Gasteiger charge is 2.61. The second-order valence-corrected chi connectivity index (χ2v) is 13.5. The SMILES string of the molecule is CCCCC1(COC(=C(C)C(=O)O)C23CC4CC(CC(OCC5(CCCC)COC5)(C4)C2)C3)COC1. The lowest BCUT2D eigenvalue weighted by molar-refractivity contribution is -0.235. The van der Waals surface area contributed by atoms with E-state index in [2.05, 4.69) is 13.8 Å². The van der Waals surface area contributed by atoms with Crippen molar-refractivity contribution in [3.63, 3.8) is 0 Å². The summed E-state index contributed by atoms with van der Waals surface area (Å²) >= 11 is 0. The Morgan fingerprint density at radius 1 is 0.889 bits per heavy atom. The van der Waals surface area contributed by atoms with Crippen molar-refractivity contribution >= 4 is 5.97 Å². The van der Waals surface area contributed by atoms with Gasteiger partial charge < -0.3 is 24.1 Å². The Kier molecular flexibility index (Phi) is 7.52. The monoisotopic (exact) mass is 504 g/mol. The molecule has 204 valence electrons. The lowest BCUT2D eigenvalue weighted by atomic mass is 9.47. The Labute approximate surface area is 217 Å². The fourth-order valence-electron chi connectivity index (χ4n) is 8.39. The third kappa shape index (κ3) is 4.99. The number of hydrogen-bond donors (Lipinski definition) is 1. The molecule has 0 radical (unpaired) electrons. The second kappa shape index (κ2) is 10.2. The van der Waals surface area contributed by atoms with Gasteiger partial charge in [-0.25, -0.2) is 4.79 Å². The molecule has 0 spiro atoms. The molecule has 0 amide bonds. The maximum atomic E-state index is 12.3. The molecule has 2 saturated heterocycles. The van der Waals surface area contributed by atoms with Crippen LogP contribution >= 0.6 is 0 Å². The highest BCUT2D eigenvalue weighted by Crippen LogP contribution is 2.66. The number of rotatable bonds is 14. The first-order valence-corrected chi connectivity index (χ1v) is 14.6. The Hall–Kier alpha value is -1.11. The predicted molar refractivity (Wildman–Crippen MR) is 138 cm³/mol. The maximum Gasteiger partial charge on any atom is 0.334 e. The fourth-order valence-corrected chi connectivity index (χ4v) is 8.39. The van der Waals surface area contributed by atoms with Crippen molar-refractivity contribution in [3.8, 4) is 0 Å². The summed E-state index contributed by atoms with van der Waals surface area (Å²) in [6.45, 7) is 10.6. The van der Waals surface area contributed by atoms with Gasteiger partial charge in [-0.15, -0.1) is 0 Å². The van der Waals surface area contributed by atoms with Crippen LogP contribution in [0.4, 0.5) is 0 Å². The standard InChI is InChI=1S/C30H48O6/c1-4-6-8-27(16-33-17-27)20-35-25(22(3)26(31)32)29-11-23-10-24(12-29)14-30(13-23,15-29)36-21-28(9-7-5-2)18-34-19-28/h23-24H,4-21H2,1-3H3,(H,31,32). The molecule has 4 saturated carbocycles. The summed E-state index contributed by atoms with van der Waals surface area (Å²) in [6, 6.07) is 0. The van der Waals surface area contributed by atoms with E-state index >= 15 is 0 Å². The van der Waals surface area contributed by atoms with Gasteiger partial charge in [0.15, 0.2) is 0 Å². The molecule has 6 heteroatoms. The van der Waals surface area contributed by atoms with Gasteiger partial charge in [-0.3, -0.25) is 0 Å². The Bertz CT molecular complexity index is 824. The average Bonchev–Trinajstić information content (AvgIpc) is 2.78. The van der Waals surface area contributed by atoms with Crippen LogP contribution < -0.4 is 0 Å². The lowest BCUT2D eigenvalue weighted by Gasteiger charge is -2.62. The summed E-state index contributed by atoms with van der Waals surface area (Å²) in [6.07, 6.45) is 13.4. The van der Waals surface area contributed by atoms with Gasteiger partial charge in [-0.2, -0.15) is 0 Å². The third-order valence-electron chi connectivity index (χ3n) is 10.1. The molecule has 6 nitrogen and oxygen atoms in total. The van der Waals surface area contributed by atoms with Crippen molar-refractivity contribution in [2.75, 3.05) is 39.6 Å². The quantitative estimate of drug-likeness (QED) is 0.227. The smallest absolute Gasteiger partial charge is 0.334 e. The Morgan fingerprint density at radius 3 is 1.92 bits per heavy atom. The van der Waals surface area contributed by atoms with Gasteiger partial charge in [0.2, 0.25) is 0 Å². The minimum Gasteiger partial charge on any atom is -0.496 e. The molecule has 4 aliphatic carbocycles. The highest BCUT2D eigenvalue weighted by molar-refractivity contribution is 5.86. The van der Waals surface area contributed by atoms with Crippen molar-refractivity contribution in [2.45, 2.75) is 103 Å². The van der Waals surface area contributed by atoms with E-state index in [4.69, 9.17) is 18.9 Å². The van der Waals surface area contributed by atoms with Crippen LogP contribution in [-0.4, -0.2) is 56.3 Å². The molecule has 1 N–H and O–H groups in total. The van der Waals surface area contributed by atoms with Gasteiger partial charge in [-0.1, -0.05) is 39.5 Å². The number of carboxylic acid groups (broad SMARTS) is 1. The summed E-state index contributed by atoms with van der Waals surface area (Å²) in [5, 5.41) is 10.1. The van der Waals surface area contributed by atoms with Crippen LogP contribution in [-0.2, 0) is 23.7 Å². The summed E-state index contributed by atoms with van der Waals surface area (Å²) in [5.41, 5.74) is 0.243. The first-order chi connectivity index (χ1) is 17.3. The zero-order valence-electron chi connectivity index (χ0n) is 22.9. The number of hydrogen-bond acceptors (Lipinski definition) is 5. The zero-order chi connectivity index (χ0) is 25.4. The van der Waals surface area contributed by atoms with Gasteiger partial charge >= 0.3 is 5.97 Å². The van der Waals surface area contributed by atoms with Crippen molar-refractivity contribution in [3.05, 3.63) is 11.3 Å². The van der Waals surface area contributed by atoms with E-state index in [1.807, 2.05) is 0 Å². The molecule has 6 rings (SSSR count). The molecule has 6 aliphatic rings. The van der Waals surface area contributed by atoms with Crippen molar-refractivity contribution < 1.29 is 28.8 Å². The minimum atomic E-state index is -0.853. The first-order valence-electron chi connectivity index (χ1n) is 14.6. The molecule has 2 atom stereocenters. The summed E-state index contributed by atoms with van der Waals surface area (Å²) < 4.78 is 24.9. The summed E-state index contributed by atoms with van der Waals surface area (Å²) in [5.74, 6) is 1.09. The average molecular weight is 505 g/mol. The van der Waals surface area contributed by atoms with E-state index < -0.39 is 5.97 Å².